The molecule has 6 heteroatoms. The van der Waals surface area contributed by atoms with Crippen LogP contribution in [0.2, 0.25) is 0 Å². The molecule has 0 aliphatic rings. The Morgan fingerprint density at radius 2 is 2.07 bits per heavy atom. The number of ether oxygens (including phenoxy) is 1. The molecule has 0 fully saturated rings. The van der Waals surface area contributed by atoms with Gasteiger partial charge in [-0.2, -0.15) is 5.10 Å². The van der Waals surface area contributed by atoms with Gasteiger partial charge in [-0.1, -0.05) is 24.3 Å². The van der Waals surface area contributed by atoms with Gasteiger partial charge >= 0.3 is 0 Å². The van der Waals surface area contributed by atoms with Crippen LogP contribution in [0.4, 0.5) is 0 Å². The molecular formula is C21H22BrN3O2. The number of hydrogen-bond acceptors (Lipinski definition) is 3. The highest BCUT2D eigenvalue weighted by atomic mass is 79.9. The molecule has 0 saturated heterocycles. The van der Waals surface area contributed by atoms with E-state index in [-0.39, 0.29) is 5.91 Å². The smallest absolute Gasteiger partial charge is 0.251 e. The molecule has 0 bridgehead atoms. The fourth-order valence-electron chi connectivity index (χ4n) is 2.67. The van der Waals surface area contributed by atoms with Crippen molar-refractivity contribution < 1.29 is 9.53 Å². The quantitative estimate of drug-likeness (QED) is 0.612. The van der Waals surface area contributed by atoms with Gasteiger partial charge in [0.2, 0.25) is 0 Å². The first-order valence-electron chi connectivity index (χ1n) is 8.76. The molecule has 0 aliphatic carbocycles. The van der Waals surface area contributed by atoms with Crippen molar-refractivity contribution in [3.63, 3.8) is 0 Å². The molecule has 140 valence electrons. The second-order valence-corrected chi connectivity index (χ2v) is 7.35. The van der Waals surface area contributed by atoms with Crippen molar-refractivity contribution in [3.8, 4) is 5.75 Å². The van der Waals surface area contributed by atoms with Crippen LogP contribution in [0.3, 0.4) is 0 Å². The minimum Gasteiger partial charge on any atom is -0.489 e. The summed E-state index contributed by atoms with van der Waals surface area (Å²) in [7, 11) is 0. The second kappa shape index (κ2) is 8.86. The normalized spacial score (nSPS) is 10.6. The highest BCUT2D eigenvalue weighted by molar-refractivity contribution is 9.10. The molecule has 0 atom stereocenters. The first-order valence-corrected chi connectivity index (χ1v) is 9.56. The summed E-state index contributed by atoms with van der Waals surface area (Å²) in [4.78, 5) is 12.4. The molecule has 1 N–H and O–H groups in total. The Morgan fingerprint density at radius 1 is 1.22 bits per heavy atom. The Morgan fingerprint density at radius 3 is 2.85 bits per heavy atom. The predicted molar refractivity (Wildman–Crippen MR) is 109 cm³/mol. The lowest BCUT2D eigenvalue weighted by Crippen LogP contribution is -2.27. The van der Waals surface area contributed by atoms with Crippen LogP contribution in [0.5, 0.6) is 5.75 Å². The van der Waals surface area contributed by atoms with Gasteiger partial charge in [0, 0.05) is 18.3 Å². The van der Waals surface area contributed by atoms with Crippen LogP contribution >= 0.6 is 15.9 Å². The molecule has 2 aromatic carbocycles. The van der Waals surface area contributed by atoms with Crippen molar-refractivity contribution in [2.75, 3.05) is 6.54 Å². The summed E-state index contributed by atoms with van der Waals surface area (Å²) in [5.74, 6) is 0.769. The van der Waals surface area contributed by atoms with Crippen molar-refractivity contribution in [1.29, 1.82) is 0 Å². The number of benzene rings is 2. The molecule has 1 aromatic heterocycles. The lowest BCUT2D eigenvalue weighted by Gasteiger charge is -2.11. The summed E-state index contributed by atoms with van der Waals surface area (Å²) in [5, 5.41) is 7.09. The predicted octanol–water partition coefficient (Wildman–Crippen LogP) is 4.27. The molecule has 0 unspecified atom stereocenters. The van der Waals surface area contributed by atoms with Crippen molar-refractivity contribution in [2.45, 2.75) is 27.0 Å². The summed E-state index contributed by atoms with van der Waals surface area (Å²) >= 11 is 3.35. The van der Waals surface area contributed by atoms with Crippen LogP contribution in [0.25, 0.3) is 0 Å². The molecule has 27 heavy (non-hydrogen) atoms. The number of aromatic nitrogens is 2. The van der Waals surface area contributed by atoms with E-state index in [9.17, 15) is 4.79 Å². The van der Waals surface area contributed by atoms with Gasteiger partial charge < -0.3 is 10.1 Å². The molecule has 0 spiro atoms. The highest BCUT2D eigenvalue weighted by Crippen LogP contribution is 2.20. The van der Waals surface area contributed by atoms with Crippen LogP contribution in [0.1, 0.15) is 27.0 Å². The van der Waals surface area contributed by atoms with Gasteiger partial charge in [0.05, 0.1) is 17.2 Å². The third-order valence-electron chi connectivity index (χ3n) is 4.16. The fraction of sp³-hybridized carbons (Fsp3) is 0.238. The van der Waals surface area contributed by atoms with E-state index in [1.807, 2.05) is 50.4 Å². The Hall–Kier alpha value is -2.60. The summed E-state index contributed by atoms with van der Waals surface area (Å²) in [5.41, 5.74) is 3.84. The minimum absolute atomic E-state index is 0.102. The maximum Gasteiger partial charge on any atom is 0.251 e. The molecule has 0 aliphatic heterocycles. The monoisotopic (exact) mass is 427 g/mol. The lowest BCUT2D eigenvalue weighted by molar-refractivity contribution is 0.0951. The van der Waals surface area contributed by atoms with Gasteiger partial charge in [0.1, 0.15) is 12.4 Å². The third kappa shape index (κ3) is 5.44. The highest BCUT2D eigenvalue weighted by Gasteiger charge is 2.07. The van der Waals surface area contributed by atoms with E-state index in [1.165, 1.54) is 0 Å². The average molecular weight is 428 g/mol. The van der Waals surface area contributed by atoms with E-state index in [2.05, 4.69) is 32.4 Å². The number of nitrogens with one attached hydrogen (secondary N) is 1. The van der Waals surface area contributed by atoms with Gasteiger partial charge in [0.25, 0.3) is 5.91 Å². The molecular weight excluding hydrogens is 406 g/mol. The van der Waals surface area contributed by atoms with Crippen LogP contribution in [0.15, 0.2) is 59.3 Å². The molecule has 5 nitrogen and oxygen atoms in total. The standard InChI is InChI=1S/C21H22BrN3O2/c1-15-6-7-16(2)20(10-15)27-14-17-4-3-5-18(11-17)21(26)23-8-9-25-13-19(22)12-24-25/h3-7,10-13H,8-9,14H2,1-2H3,(H,23,26). The summed E-state index contributed by atoms with van der Waals surface area (Å²) in [6, 6.07) is 13.7. The van der Waals surface area contributed by atoms with Crippen molar-refractivity contribution in [2.24, 2.45) is 0 Å². The number of halogens is 1. The zero-order valence-corrected chi connectivity index (χ0v) is 17.0. The maximum atomic E-state index is 12.4. The second-order valence-electron chi connectivity index (χ2n) is 6.44. The van der Waals surface area contributed by atoms with Crippen molar-refractivity contribution in [1.82, 2.24) is 15.1 Å². The summed E-state index contributed by atoms with van der Waals surface area (Å²) in [6.07, 6.45) is 3.60. The molecule has 3 aromatic rings. The molecule has 1 heterocycles. The molecule has 3 rings (SSSR count). The molecule has 0 saturated carbocycles. The number of nitrogens with zero attached hydrogens (tertiary/aromatic N) is 2. The topological polar surface area (TPSA) is 56.1 Å². The minimum atomic E-state index is -0.102. The van der Waals surface area contributed by atoms with E-state index in [0.29, 0.717) is 25.3 Å². The van der Waals surface area contributed by atoms with E-state index >= 15 is 0 Å². The first-order chi connectivity index (χ1) is 13.0. The van der Waals surface area contributed by atoms with Crippen LogP contribution in [-0.4, -0.2) is 22.2 Å². The number of hydrogen-bond donors (Lipinski definition) is 1. The number of rotatable bonds is 7. The van der Waals surface area contributed by atoms with Gasteiger partial charge in [-0.3, -0.25) is 9.48 Å². The van der Waals surface area contributed by atoms with Crippen LogP contribution < -0.4 is 10.1 Å². The molecule has 1 amide bonds. The van der Waals surface area contributed by atoms with Gasteiger partial charge in [-0.25, -0.2) is 0 Å². The average Bonchev–Trinajstić information content (AvgIpc) is 3.08. The number of amides is 1. The van der Waals surface area contributed by atoms with Gasteiger partial charge in [0.15, 0.2) is 0 Å². The zero-order chi connectivity index (χ0) is 19.2. The first kappa shape index (κ1) is 19.2. The Bertz CT molecular complexity index is 937. The third-order valence-corrected chi connectivity index (χ3v) is 4.56. The zero-order valence-electron chi connectivity index (χ0n) is 15.4. The molecule has 0 radical (unpaired) electrons. The largest absolute Gasteiger partial charge is 0.489 e. The van der Waals surface area contributed by atoms with E-state index < -0.39 is 0 Å². The fourth-order valence-corrected chi connectivity index (χ4v) is 3.00. The lowest BCUT2D eigenvalue weighted by atomic mass is 10.1. The van der Waals surface area contributed by atoms with E-state index in [1.54, 1.807) is 16.9 Å². The summed E-state index contributed by atoms with van der Waals surface area (Å²) < 4.78 is 8.63. The maximum absolute atomic E-state index is 12.4. The SMILES string of the molecule is Cc1ccc(C)c(OCc2cccc(C(=O)NCCn3cc(Br)cn3)c2)c1. The van der Waals surface area contributed by atoms with E-state index in [0.717, 1.165) is 26.9 Å². The number of carbonyl (C=O) groups excluding carboxylic acids is 1. The number of aryl methyl sites for hydroxylation is 2. The Balaban J connectivity index is 1.56. The summed E-state index contributed by atoms with van der Waals surface area (Å²) in [6.45, 7) is 5.62. The van der Waals surface area contributed by atoms with Crippen LogP contribution in [-0.2, 0) is 13.2 Å². The number of carbonyl (C=O) groups is 1. The van der Waals surface area contributed by atoms with Crippen molar-refractivity contribution >= 4 is 21.8 Å². The van der Waals surface area contributed by atoms with Gasteiger partial charge in [-0.05, 0) is 64.7 Å². The van der Waals surface area contributed by atoms with Gasteiger partial charge in [-0.15, -0.1) is 0 Å². The van der Waals surface area contributed by atoms with Crippen LogP contribution in [0, 0.1) is 13.8 Å². The Labute approximate surface area is 167 Å². The van der Waals surface area contributed by atoms with E-state index in [4.69, 9.17) is 4.74 Å². The Kier molecular flexibility index (Phi) is 6.29. The van der Waals surface area contributed by atoms with Crippen molar-refractivity contribution in [3.05, 3.63) is 81.6 Å².